The van der Waals surface area contributed by atoms with E-state index in [1.165, 1.54) is 33.0 Å². The summed E-state index contributed by atoms with van der Waals surface area (Å²) in [5.74, 6) is 1.01. The van der Waals surface area contributed by atoms with Gasteiger partial charge in [0.15, 0.2) is 5.96 Å². The number of aliphatic imine (C=N–C) groups is 1. The first-order chi connectivity index (χ1) is 11.6. The largest absolute Gasteiger partial charge is 0.469 e. The normalized spacial score (nSPS) is 21.4. The summed E-state index contributed by atoms with van der Waals surface area (Å²) < 4.78 is 4.91. The second-order valence-electron chi connectivity index (χ2n) is 6.68. The summed E-state index contributed by atoms with van der Waals surface area (Å²) in [6, 6.07) is 0. The van der Waals surface area contributed by atoms with Crippen molar-refractivity contribution in [2.24, 2.45) is 16.8 Å². The first-order valence-corrected chi connectivity index (χ1v) is 9.33. The topological polar surface area (TPSA) is 57.2 Å². The van der Waals surface area contributed by atoms with E-state index in [2.05, 4.69) is 40.9 Å². The summed E-state index contributed by atoms with van der Waals surface area (Å²) in [6.45, 7) is 12.5. The summed E-state index contributed by atoms with van der Waals surface area (Å²) in [5, 5.41) is 3.45. The van der Waals surface area contributed by atoms with Gasteiger partial charge in [-0.05, 0) is 44.8 Å². The lowest BCUT2D eigenvalue weighted by atomic mass is 9.99. The molecule has 6 nitrogen and oxygen atoms in total. The molecule has 1 saturated heterocycles. The third-order valence-electron chi connectivity index (χ3n) is 4.64. The number of esters is 1. The van der Waals surface area contributed by atoms with Gasteiger partial charge in [0.05, 0.1) is 13.0 Å². The van der Waals surface area contributed by atoms with Gasteiger partial charge >= 0.3 is 5.97 Å². The van der Waals surface area contributed by atoms with Crippen molar-refractivity contribution in [2.75, 3.05) is 53.4 Å². The minimum absolute atomic E-state index is 0.0573. The van der Waals surface area contributed by atoms with E-state index in [4.69, 9.17) is 4.74 Å². The van der Waals surface area contributed by atoms with Crippen molar-refractivity contribution in [1.29, 1.82) is 0 Å². The summed E-state index contributed by atoms with van der Waals surface area (Å²) in [6.07, 6.45) is 3.51. The van der Waals surface area contributed by atoms with Crippen LogP contribution in [0.2, 0.25) is 0 Å². The number of hydrogen-bond acceptors (Lipinski definition) is 4. The Morgan fingerprint density at radius 1 is 1.25 bits per heavy atom. The Morgan fingerprint density at radius 3 is 2.46 bits per heavy atom. The van der Waals surface area contributed by atoms with Crippen molar-refractivity contribution in [1.82, 2.24) is 15.1 Å². The average Bonchev–Trinajstić information content (AvgIpc) is 2.96. The molecule has 140 valence electrons. The van der Waals surface area contributed by atoms with Gasteiger partial charge in [0.25, 0.3) is 0 Å². The number of carbonyl (C=O) groups is 1. The molecular formula is C18H36N4O2. The summed E-state index contributed by atoms with van der Waals surface area (Å²) >= 11 is 0. The van der Waals surface area contributed by atoms with E-state index in [1.807, 2.05) is 0 Å². The Bertz CT molecular complexity index is 394. The van der Waals surface area contributed by atoms with Crippen molar-refractivity contribution < 1.29 is 9.53 Å². The first kappa shape index (κ1) is 20.7. The molecule has 1 heterocycles. The first-order valence-electron chi connectivity index (χ1n) is 9.33. The molecule has 1 fully saturated rings. The highest BCUT2D eigenvalue weighted by Gasteiger charge is 2.36. The molecule has 1 rings (SSSR count). The molecule has 0 aromatic rings. The summed E-state index contributed by atoms with van der Waals surface area (Å²) in [5.41, 5.74) is 0. The van der Waals surface area contributed by atoms with E-state index in [0.717, 1.165) is 32.0 Å². The minimum Gasteiger partial charge on any atom is -0.469 e. The molecule has 2 unspecified atom stereocenters. The molecule has 0 bridgehead atoms. The molecule has 24 heavy (non-hydrogen) atoms. The number of methoxy groups -OCH3 is 1. The SMILES string of the molecule is CCCN(CCC)CCCNC(=NC)N1CC(C)C(C(=O)OC)C1. The van der Waals surface area contributed by atoms with Crippen LogP contribution in [0.15, 0.2) is 4.99 Å². The smallest absolute Gasteiger partial charge is 0.310 e. The zero-order chi connectivity index (χ0) is 17.9. The number of nitrogens with one attached hydrogen (secondary N) is 1. The Kier molecular flexibility index (Phi) is 9.76. The van der Waals surface area contributed by atoms with Crippen molar-refractivity contribution in [2.45, 2.75) is 40.0 Å². The maximum Gasteiger partial charge on any atom is 0.310 e. The molecule has 6 heteroatoms. The van der Waals surface area contributed by atoms with E-state index in [9.17, 15) is 4.79 Å². The van der Waals surface area contributed by atoms with Crippen molar-refractivity contribution in [3.8, 4) is 0 Å². The second kappa shape index (κ2) is 11.3. The molecule has 0 radical (unpaired) electrons. The van der Waals surface area contributed by atoms with Crippen LogP contribution in [0.3, 0.4) is 0 Å². The number of carbonyl (C=O) groups excluding carboxylic acids is 1. The molecule has 0 amide bonds. The van der Waals surface area contributed by atoms with Gasteiger partial charge in [-0.2, -0.15) is 0 Å². The zero-order valence-electron chi connectivity index (χ0n) is 16.2. The summed E-state index contributed by atoms with van der Waals surface area (Å²) in [4.78, 5) is 20.9. The molecule has 2 atom stereocenters. The van der Waals surface area contributed by atoms with Gasteiger partial charge in [0.1, 0.15) is 0 Å². The number of nitrogens with zero attached hydrogens (tertiary/aromatic N) is 3. The van der Waals surface area contributed by atoms with Gasteiger partial charge in [-0.3, -0.25) is 9.79 Å². The van der Waals surface area contributed by atoms with Crippen molar-refractivity contribution in [3.63, 3.8) is 0 Å². The molecule has 1 aliphatic heterocycles. The minimum atomic E-state index is -0.116. The van der Waals surface area contributed by atoms with E-state index in [-0.39, 0.29) is 11.9 Å². The van der Waals surface area contributed by atoms with Crippen LogP contribution < -0.4 is 5.32 Å². The molecule has 0 aromatic heterocycles. The third kappa shape index (κ3) is 6.30. The Balaban J connectivity index is 2.39. The quantitative estimate of drug-likeness (QED) is 0.300. The predicted octanol–water partition coefficient (Wildman–Crippen LogP) is 1.81. The van der Waals surface area contributed by atoms with E-state index in [0.29, 0.717) is 12.5 Å². The van der Waals surface area contributed by atoms with Gasteiger partial charge in [-0.15, -0.1) is 0 Å². The fourth-order valence-corrected chi connectivity index (χ4v) is 3.40. The lowest BCUT2D eigenvalue weighted by Crippen LogP contribution is -2.41. The number of hydrogen-bond donors (Lipinski definition) is 1. The van der Waals surface area contributed by atoms with Gasteiger partial charge in [-0.1, -0.05) is 20.8 Å². The van der Waals surface area contributed by atoms with Gasteiger partial charge in [-0.25, -0.2) is 0 Å². The Hall–Kier alpha value is -1.30. The fraction of sp³-hybridized carbons (Fsp3) is 0.889. The van der Waals surface area contributed by atoms with Crippen LogP contribution in [-0.4, -0.2) is 75.2 Å². The summed E-state index contributed by atoms with van der Waals surface area (Å²) in [7, 11) is 3.27. The van der Waals surface area contributed by atoms with Crippen LogP contribution in [0.1, 0.15) is 40.0 Å². The third-order valence-corrected chi connectivity index (χ3v) is 4.64. The van der Waals surface area contributed by atoms with Crippen molar-refractivity contribution >= 4 is 11.9 Å². The highest BCUT2D eigenvalue weighted by Crippen LogP contribution is 2.23. The van der Waals surface area contributed by atoms with E-state index in [1.54, 1.807) is 7.05 Å². The molecule has 0 aliphatic carbocycles. The van der Waals surface area contributed by atoms with Gasteiger partial charge < -0.3 is 19.9 Å². The standard InChI is InChI=1S/C18H36N4O2/c1-6-10-21(11-7-2)12-8-9-20-18(19-4)22-13-15(3)16(14-22)17(23)24-5/h15-16H,6-14H2,1-5H3,(H,19,20). The molecule has 0 aromatic carbocycles. The van der Waals surface area contributed by atoms with Gasteiger partial charge in [0.2, 0.25) is 0 Å². The Morgan fingerprint density at radius 2 is 1.92 bits per heavy atom. The maximum atomic E-state index is 11.8. The van der Waals surface area contributed by atoms with Crippen molar-refractivity contribution in [3.05, 3.63) is 0 Å². The highest BCUT2D eigenvalue weighted by atomic mass is 16.5. The van der Waals surface area contributed by atoms with Crippen LogP contribution in [0.4, 0.5) is 0 Å². The number of likely N-dealkylation sites (tertiary alicyclic amines) is 1. The van der Waals surface area contributed by atoms with Crippen LogP contribution in [0.5, 0.6) is 0 Å². The molecular weight excluding hydrogens is 304 g/mol. The maximum absolute atomic E-state index is 11.8. The average molecular weight is 341 g/mol. The number of ether oxygens (including phenoxy) is 1. The van der Waals surface area contributed by atoms with Crippen LogP contribution in [0, 0.1) is 11.8 Å². The fourth-order valence-electron chi connectivity index (χ4n) is 3.40. The molecule has 1 N–H and O–H groups in total. The van der Waals surface area contributed by atoms with E-state index < -0.39 is 0 Å². The van der Waals surface area contributed by atoms with Crippen LogP contribution in [-0.2, 0) is 9.53 Å². The van der Waals surface area contributed by atoms with Crippen LogP contribution in [0.25, 0.3) is 0 Å². The van der Waals surface area contributed by atoms with E-state index >= 15 is 0 Å². The predicted molar refractivity (Wildman–Crippen MR) is 99.2 cm³/mol. The number of guanidine groups is 1. The number of rotatable bonds is 9. The lowest BCUT2D eigenvalue weighted by molar-refractivity contribution is -0.145. The second-order valence-corrected chi connectivity index (χ2v) is 6.68. The van der Waals surface area contributed by atoms with Crippen LogP contribution >= 0.6 is 0 Å². The molecule has 0 saturated carbocycles. The molecule has 1 aliphatic rings. The zero-order valence-corrected chi connectivity index (χ0v) is 16.2. The molecule has 0 spiro atoms. The van der Waals surface area contributed by atoms with Gasteiger partial charge in [0, 0.05) is 26.7 Å². The lowest BCUT2D eigenvalue weighted by Gasteiger charge is -2.23. The monoisotopic (exact) mass is 340 g/mol. The Labute approximate surface area is 147 Å². The highest BCUT2D eigenvalue weighted by molar-refractivity contribution is 5.82.